The Bertz CT molecular complexity index is 1190. The Morgan fingerprint density at radius 1 is 1.06 bits per heavy atom. The van der Waals surface area contributed by atoms with E-state index in [1.165, 1.54) is 36.0 Å². The monoisotopic (exact) mass is 481 g/mol. The minimum Gasteiger partial charge on any atom is -0.478 e. The predicted molar refractivity (Wildman–Crippen MR) is 130 cm³/mol. The van der Waals surface area contributed by atoms with Gasteiger partial charge in [-0.1, -0.05) is 43.3 Å². The van der Waals surface area contributed by atoms with Crippen LogP contribution in [0.25, 0.3) is 0 Å². The molecule has 0 aliphatic carbocycles. The van der Waals surface area contributed by atoms with Crippen LogP contribution in [0.5, 0.6) is 0 Å². The van der Waals surface area contributed by atoms with E-state index in [2.05, 4.69) is 20.8 Å². The van der Waals surface area contributed by atoms with Gasteiger partial charge in [-0.15, -0.1) is 10.2 Å². The highest BCUT2D eigenvalue weighted by atomic mass is 32.2. The second-order valence-electron chi connectivity index (χ2n) is 8.18. The molecule has 0 bridgehead atoms. The zero-order chi connectivity index (χ0) is 24.8. The summed E-state index contributed by atoms with van der Waals surface area (Å²) in [6.07, 6.45) is 0. The van der Waals surface area contributed by atoms with E-state index in [9.17, 15) is 14.4 Å². The zero-order valence-corrected chi connectivity index (χ0v) is 20.2. The topological polar surface area (TPSA) is 126 Å². The molecule has 0 unspecified atom stereocenters. The molecule has 2 amide bonds. The maximum Gasteiger partial charge on any atom is 0.335 e. The van der Waals surface area contributed by atoms with Crippen LogP contribution >= 0.6 is 11.8 Å². The van der Waals surface area contributed by atoms with Gasteiger partial charge in [0.1, 0.15) is 0 Å². The zero-order valence-electron chi connectivity index (χ0n) is 19.4. The predicted octanol–water partition coefficient (Wildman–Crippen LogP) is 3.68. The fourth-order valence-electron chi connectivity index (χ4n) is 3.29. The van der Waals surface area contributed by atoms with Gasteiger partial charge in [0.2, 0.25) is 5.91 Å². The number of hydrogen-bond donors (Lipinski definition) is 3. The lowest BCUT2D eigenvalue weighted by atomic mass is 10.0. The number of benzene rings is 2. The first kappa shape index (κ1) is 25.0. The van der Waals surface area contributed by atoms with Gasteiger partial charge >= 0.3 is 5.97 Å². The van der Waals surface area contributed by atoms with E-state index >= 15 is 0 Å². The summed E-state index contributed by atoms with van der Waals surface area (Å²) in [7, 11) is 1.80. The van der Waals surface area contributed by atoms with Crippen molar-refractivity contribution in [2.24, 2.45) is 13.0 Å². The highest BCUT2D eigenvalue weighted by Gasteiger charge is 2.25. The van der Waals surface area contributed by atoms with E-state index < -0.39 is 5.97 Å². The molecule has 1 aromatic heterocycles. The van der Waals surface area contributed by atoms with E-state index in [-0.39, 0.29) is 35.1 Å². The molecule has 1 heterocycles. The molecular weight excluding hydrogens is 454 g/mol. The first-order chi connectivity index (χ1) is 16.2. The van der Waals surface area contributed by atoms with E-state index in [0.717, 1.165) is 5.56 Å². The second-order valence-corrected chi connectivity index (χ2v) is 9.13. The number of amides is 2. The van der Waals surface area contributed by atoms with Gasteiger partial charge in [-0.2, -0.15) is 0 Å². The van der Waals surface area contributed by atoms with Crippen LogP contribution < -0.4 is 10.6 Å². The number of nitrogens with zero attached hydrogens (tertiary/aromatic N) is 3. The van der Waals surface area contributed by atoms with Crippen LogP contribution in [0.3, 0.4) is 0 Å². The van der Waals surface area contributed by atoms with Crippen molar-refractivity contribution < 1.29 is 19.5 Å². The van der Waals surface area contributed by atoms with E-state index in [4.69, 9.17) is 5.11 Å². The average molecular weight is 482 g/mol. The number of carbonyl (C=O) groups is 3. The third-order valence-corrected chi connectivity index (χ3v) is 6.15. The molecule has 0 saturated heterocycles. The Morgan fingerprint density at radius 3 is 2.38 bits per heavy atom. The van der Waals surface area contributed by atoms with Crippen molar-refractivity contribution in [1.82, 2.24) is 20.1 Å². The van der Waals surface area contributed by atoms with Gasteiger partial charge < -0.3 is 20.3 Å². The number of aryl methyl sites for hydroxylation is 1. The molecule has 3 N–H and O–H groups in total. The number of aromatic carboxylic acids is 1. The molecule has 34 heavy (non-hydrogen) atoms. The summed E-state index contributed by atoms with van der Waals surface area (Å²) in [4.78, 5) is 36.1. The van der Waals surface area contributed by atoms with E-state index in [1.807, 2.05) is 39.0 Å². The quantitative estimate of drug-likeness (QED) is 0.398. The highest BCUT2D eigenvalue weighted by Crippen LogP contribution is 2.24. The molecule has 9 nitrogen and oxygen atoms in total. The minimum atomic E-state index is -1.03. The second kappa shape index (κ2) is 11.0. The Balaban J connectivity index is 1.64. The lowest BCUT2D eigenvalue weighted by molar-refractivity contribution is -0.113. The first-order valence-electron chi connectivity index (χ1n) is 10.7. The van der Waals surface area contributed by atoms with Crippen LogP contribution in [0.4, 0.5) is 5.69 Å². The Kier molecular flexibility index (Phi) is 8.06. The average Bonchev–Trinajstić information content (AvgIpc) is 3.16. The van der Waals surface area contributed by atoms with Gasteiger partial charge in [0.05, 0.1) is 17.4 Å². The Hall–Kier alpha value is -3.66. The Morgan fingerprint density at radius 2 is 1.76 bits per heavy atom. The maximum absolute atomic E-state index is 12.8. The molecule has 1 atom stereocenters. The molecule has 0 radical (unpaired) electrons. The summed E-state index contributed by atoms with van der Waals surface area (Å²) in [6, 6.07) is 13.0. The summed E-state index contributed by atoms with van der Waals surface area (Å²) in [5.74, 6) is -0.719. The summed E-state index contributed by atoms with van der Waals surface area (Å²) in [5.41, 5.74) is 2.24. The van der Waals surface area contributed by atoms with Gasteiger partial charge in [0.15, 0.2) is 11.0 Å². The van der Waals surface area contributed by atoms with Gasteiger partial charge in [0.25, 0.3) is 5.91 Å². The molecular formula is C24H27N5O4S. The smallest absolute Gasteiger partial charge is 0.335 e. The van der Waals surface area contributed by atoms with Crippen molar-refractivity contribution in [1.29, 1.82) is 0 Å². The van der Waals surface area contributed by atoms with Crippen LogP contribution in [-0.4, -0.2) is 43.4 Å². The fourth-order valence-corrected chi connectivity index (χ4v) is 4.00. The number of carboxylic acid groups (broad SMARTS) is 1. The van der Waals surface area contributed by atoms with Gasteiger partial charge in [0, 0.05) is 18.3 Å². The number of carboxylic acids is 1. The summed E-state index contributed by atoms with van der Waals surface area (Å²) in [6.45, 7) is 5.92. The lowest BCUT2D eigenvalue weighted by Crippen LogP contribution is -2.33. The first-order valence-corrected chi connectivity index (χ1v) is 11.7. The summed E-state index contributed by atoms with van der Waals surface area (Å²) >= 11 is 1.22. The molecule has 0 fully saturated rings. The number of anilines is 1. The van der Waals surface area contributed by atoms with Crippen molar-refractivity contribution >= 4 is 35.2 Å². The van der Waals surface area contributed by atoms with Crippen molar-refractivity contribution in [3.05, 3.63) is 71.0 Å². The molecule has 2 aromatic carbocycles. The molecule has 178 valence electrons. The Labute approximate surface area is 202 Å². The van der Waals surface area contributed by atoms with Crippen molar-refractivity contribution in [2.45, 2.75) is 32.0 Å². The van der Waals surface area contributed by atoms with Crippen molar-refractivity contribution in [3.8, 4) is 0 Å². The molecule has 0 spiro atoms. The van der Waals surface area contributed by atoms with Crippen LogP contribution in [-0.2, 0) is 11.8 Å². The van der Waals surface area contributed by atoms with Crippen molar-refractivity contribution in [2.75, 3.05) is 11.1 Å². The molecule has 0 aliphatic heterocycles. The standard InChI is InChI=1S/C24H27N5O4S/c1-14(2)20(26-22(31)17-7-5-6-15(3)12-17)21-27-28-24(29(21)4)34-13-19(30)25-18-10-8-16(9-11-18)23(32)33/h5-12,14,20H,13H2,1-4H3,(H,25,30)(H,26,31)(H,32,33)/t20-/m1/s1. The number of carbonyl (C=O) groups excluding carboxylic acids is 2. The molecule has 0 aliphatic rings. The normalized spacial score (nSPS) is 11.8. The fraction of sp³-hybridized carbons (Fsp3) is 0.292. The van der Waals surface area contributed by atoms with Gasteiger partial charge in [-0.25, -0.2) is 4.79 Å². The lowest BCUT2D eigenvalue weighted by Gasteiger charge is -2.21. The third-order valence-electron chi connectivity index (χ3n) is 5.13. The molecule has 10 heteroatoms. The SMILES string of the molecule is Cc1cccc(C(=O)N[C@@H](c2nnc(SCC(=O)Nc3ccc(C(=O)O)cc3)n2C)C(C)C)c1. The van der Waals surface area contributed by atoms with Crippen molar-refractivity contribution in [3.63, 3.8) is 0 Å². The summed E-state index contributed by atoms with van der Waals surface area (Å²) in [5, 5.41) is 23.8. The number of nitrogens with one attached hydrogen (secondary N) is 2. The van der Waals surface area contributed by atoms with Crippen LogP contribution in [0.15, 0.2) is 53.7 Å². The maximum atomic E-state index is 12.8. The molecule has 3 rings (SSSR count). The molecule has 0 saturated carbocycles. The third kappa shape index (κ3) is 6.22. The number of rotatable bonds is 9. The van der Waals surface area contributed by atoms with Crippen LogP contribution in [0.1, 0.15) is 52.0 Å². The van der Waals surface area contributed by atoms with Gasteiger partial charge in [-0.3, -0.25) is 9.59 Å². The number of aromatic nitrogens is 3. The number of hydrogen-bond acceptors (Lipinski definition) is 6. The van der Waals surface area contributed by atoms with E-state index in [0.29, 0.717) is 22.2 Å². The minimum absolute atomic E-state index is 0.0616. The summed E-state index contributed by atoms with van der Waals surface area (Å²) < 4.78 is 1.78. The van der Waals surface area contributed by atoms with E-state index in [1.54, 1.807) is 17.7 Å². The van der Waals surface area contributed by atoms with Gasteiger partial charge in [-0.05, 0) is 49.2 Å². The molecule has 3 aromatic rings. The van der Waals surface area contributed by atoms with Crippen LogP contribution in [0.2, 0.25) is 0 Å². The van der Waals surface area contributed by atoms with Crippen LogP contribution in [0, 0.1) is 12.8 Å². The largest absolute Gasteiger partial charge is 0.478 e. The number of thioether (sulfide) groups is 1. The highest BCUT2D eigenvalue weighted by molar-refractivity contribution is 7.99.